The van der Waals surface area contributed by atoms with Gasteiger partial charge in [0.25, 0.3) is 0 Å². The van der Waals surface area contributed by atoms with Crippen LogP contribution in [0.4, 0.5) is 5.69 Å². The molecule has 0 saturated carbocycles. The molecule has 1 N–H and O–H groups in total. The van der Waals surface area contributed by atoms with E-state index < -0.39 is 5.97 Å². The summed E-state index contributed by atoms with van der Waals surface area (Å²) in [5.74, 6) is -1.46. The molecule has 0 bridgehead atoms. The van der Waals surface area contributed by atoms with Gasteiger partial charge in [0.05, 0.1) is 5.69 Å². The van der Waals surface area contributed by atoms with Crippen LogP contribution in [0.5, 0.6) is 0 Å². The van der Waals surface area contributed by atoms with Crippen molar-refractivity contribution in [3.8, 4) is 0 Å². The monoisotopic (exact) mass is 261 g/mol. The fourth-order valence-electron chi connectivity index (χ4n) is 2.07. The summed E-state index contributed by atoms with van der Waals surface area (Å²) >= 11 is 0. The Labute approximate surface area is 108 Å². The largest absolute Gasteiger partial charge is 0.476 e. The van der Waals surface area contributed by atoms with Crippen molar-refractivity contribution in [2.24, 2.45) is 11.0 Å². The first-order chi connectivity index (χ1) is 9.13. The number of hydrogen-bond acceptors (Lipinski definition) is 4. The number of hydrogen-bond donors (Lipinski definition) is 1. The number of rotatable bonds is 4. The number of carboxylic acids is 1. The lowest BCUT2D eigenvalue weighted by Gasteiger charge is -2.17. The van der Waals surface area contributed by atoms with Gasteiger partial charge in [0, 0.05) is 30.6 Å². The second-order valence-electron chi connectivity index (χ2n) is 4.16. The molecule has 19 heavy (non-hydrogen) atoms. The Morgan fingerprint density at radius 1 is 1.68 bits per heavy atom. The molecule has 0 aromatic carbocycles. The van der Waals surface area contributed by atoms with Crippen molar-refractivity contribution < 1.29 is 14.7 Å². The standard InChI is InChI=1S/C11H11N5O3/c12-15-14-5-7-4-9(17)16(6-7)8-2-1-3-13-10(8)11(18)19/h1-3,7H,4-6H2,(H,18,19). The van der Waals surface area contributed by atoms with Gasteiger partial charge >= 0.3 is 5.97 Å². The van der Waals surface area contributed by atoms with Crippen LogP contribution in [-0.4, -0.2) is 35.1 Å². The number of nitrogens with zero attached hydrogens (tertiary/aromatic N) is 5. The summed E-state index contributed by atoms with van der Waals surface area (Å²) in [4.78, 5) is 30.8. The Hall–Kier alpha value is -2.60. The van der Waals surface area contributed by atoms with E-state index in [1.54, 1.807) is 12.1 Å². The Morgan fingerprint density at radius 3 is 3.16 bits per heavy atom. The summed E-state index contributed by atoms with van der Waals surface area (Å²) in [5.41, 5.74) is 8.39. The van der Waals surface area contributed by atoms with Crippen molar-refractivity contribution in [2.45, 2.75) is 6.42 Å². The van der Waals surface area contributed by atoms with E-state index in [1.807, 2.05) is 0 Å². The molecule has 1 aromatic rings. The lowest BCUT2D eigenvalue weighted by molar-refractivity contribution is -0.117. The molecule has 2 heterocycles. The molecule has 1 aliphatic heterocycles. The third-order valence-corrected chi connectivity index (χ3v) is 2.89. The van der Waals surface area contributed by atoms with Crippen molar-refractivity contribution in [1.29, 1.82) is 0 Å². The van der Waals surface area contributed by atoms with Crippen LogP contribution < -0.4 is 4.90 Å². The zero-order valence-electron chi connectivity index (χ0n) is 9.93. The van der Waals surface area contributed by atoms with Crippen LogP contribution in [0.3, 0.4) is 0 Å². The Kier molecular flexibility index (Phi) is 3.63. The number of amides is 1. The molecule has 1 amide bonds. The van der Waals surface area contributed by atoms with Gasteiger partial charge in [0.1, 0.15) is 0 Å². The average molecular weight is 261 g/mol. The first-order valence-corrected chi connectivity index (χ1v) is 5.63. The van der Waals surface area contributed by atoms with E-state index in [1.165, 1.54) is 11.1 Å². The van der Waals surface area contributed by atoms with Gasteiger partial charge in [0.2, 0.25) is 5.91 Å². The summed E-state index contributed by atoms with van der Waals surface area (Å²) in [6, 6.07) is 3.13. The number of pyridine rings is 1. The highest BCUT2D eigenvalue weighted by Gasteiger charge is 2.32. The van der Waals surface area contributed by atoms with Crippen LogP contribution in [0, 0.1) is 5.92 Å². The number of aromatic nitrogens is 1. The highest BCUT2D eigenvalue weighted by molar-refractivity contribution is 6.02. The zero-order valence-corrected chi connectivity index (χ0v) is 9.93. The molecule has 1 atom stereocenters. The lowest BCUT2D eigenvalue weighted by Crippen LogP contribution is -2.27. The predicted molar refractivity (Wildman–Crippen MR) is 65.7 cm³/mol. The van der Waals surface area contributed by atoms with E-state index in [9.17, 15) is 9.59 Å². The highest BCUT2D eigenvalue weighted by Crippen LogP contribution is 2.27. The van der Waals surface area contributed by atoms with Gasteiger partial charge in [-0.2, -0.15) is 0 Å². The number of carboxylic acid groups (broad SMARTS) is 1. The van der Waals surface area contributed by atoms with E-state index in [2.05, 4.69) is 15.0 Å². The minimum Gasteiger partial charge on any atom is -0.476 e. The molecule has 8 heteroatoms. The van der Waals surface area contributed by atoms with Crippen LogP contribution in [0.2, 0.25) is 0 Å². The number of carbonyl (C=O) groups excluding carboxylic acids is 1. The third kappa shape index (κ3) is 2.63. The second kappa shape index (κ2) is 5.36. The molecule has 1 unspecified atom stereocenters. The minimum absolute atomic E-state index is 0.0924. The van der Waals surface area contributed by atoms with Gasteiger partial charge in [-0.1, -0.05) is 5.11 Å². The number of carbonyl (C=O) groups is 2. The minimum atomic E-state index is -1.18. The van der Waals surface area contributed by atoms with Crippen LogP contribution in [0.25, 0.3) is 10.4 Å². The van der Waals surface area contributed by atoms with Crippen LogP contribution in [-0.2, 0) is 4.79 Å². The smallest absolute Gasteiger partial charge is 0.356 e. The normalized spacial score (nSPS) is 18.2. The molecule has 1 aromatic heterocycles. The molecular formula is C11H11N5O3. The van der Waals surface area contributed by atoms with E-state index in [0.29, 0.717) is 6.54 Å². The van der Waals surface area contributed by atoms with Crippen LogP contribution in [0.1, 0.15) is 16.9 Å². The van der Waals surface area contributed by atoms with Crippen molar-refractivity contribution in [2.75, 3.05) is 18.0 Å². The van der Waals surface area contributed by atoms with Gasteiger partial charge in [-0.3, -0.25) is 4.79 Å². The maximum Gasteiger partial charge on any atom is 0.356 e. The maximum absolute atomic E-state index is 11.9. The fourth-order valence-corrected chi connectivity index (χ4v) is 2.07. The van der Waals surface area contributed by atoms with Crippen LogP contribution >= 0.6 is 0 Å². The predicted octanol–water partition coefficient (Wildman–Crippen LogP) is 1.44. The Balaban J connectivity index is 2.25. The van der Waals surface area contributed by atoms with Gasteiger partial charge in [-0.25, -0.2) is 9.78 Å². The van der Waals surface area contributed by atoms with E-state index in [0.717, 1.165) is 0 Å². The van der Waals surface area contributed by atoms with Crippen molar-refractivity contribution >= 4 is 17.6 Å². The quantitative estimate of drug-likeness (QED) is 0.501. The van der Waals surface area contributed by atoms with Gasteiger partial charge < -0.3 is 10.0 Å². The van der Waals surface area contributed by atoms with Gasteiger partial charge in [0.15, 0.2) is 5.69 Å². The number of anilines is 1. The molecular weight excluding hydrogens is 250 g/mol. The van der Waals surface area contributed by atoms with Crippen molar-refractivity contribution in [1.82, 2.24) is 4.98 Å². The fraction of sp³-hybridized carbons (Fsp3) is 0.364. The van der Waals surface area contributed by atoms with E-state index >= 15 is 0 Å². The molecule has 1 saturated heterocycles. The molecule has 2 rings (SSSR count). The van der Waals surface area contributed by atoms with Crippen molar-refractivity contribution in [3.63, 3.8) is 0 Å². The highest BCUT2D eigenvalue weighted by atomic mass is 16.4. The van der Waals surface area contributed by atoms with E-state index in [4.69, 9.17) is 10.6 Å². The summed E-state index contributed by atoms with van der Waals surface area (Å²) < 4.78 is 0. The zero-order chi connectivity index (χ0) is 13.8. The summed E-state index contributed by atoms with van der Waals surface area (Å²) in [5, 5.41) is 12.5. The SMILES string of the molecule is [N-]=[N+]=NCC1CC(=O)N(c2cccnc2C(=O)O)C1. The first kappa shape index (κ1) is 12.8. The topological polar surface area (TPSA) is 119 Å². The Bertz CT molecular complexity index is 567. The summed E-state index contributed by atoms with van der Waals surface area (Å²) in [7, 11) is 0. The molecule has 1 fully saturated rings. The third-order valence-electron chi connectivity index (χ3n) is 2.89. The molecule has 8 nitrogen and oxygen atoms in total. The summed E-state index contributed by atoms with van der Waals surface area (Å²) in [6.45, 7) is 0.561. The Morgan fingerprint density at radius 2 is 2.47 bits per heavy atom. The molecule has 0 spiro atoms. The van der Waals surface area contributed by atoms with Gasteiger partial charge in [-0.15, -0.1) is 0 Å². The maximum atomic E-state index is 11.9. The first-order valence-electron chi connectivity index (χ1n) is 5.63. The average Bonchev–Trinajstić information content (AvgIpc) is 2.77. The molecule has 1 aliphatic rings. The lowest BCUT2D eigenvalue weighted by atomic mass is 10.1. The number of azide groups is 1. The van der Waals surface area contributed by atoms with Crippen LogP contribution in [0.15, 0.2) is 23.4 Å². The molecule has 0 radical (unpaired) electrons. The van der Waals surface area contributed by atoms with Crippen molar-refractivity contribution in [3.05, 3.63) is 34.5 Å². The van der Waals surface area contributed by atoms with E-state index in [-0.39, 0.29) is 36.2 Å². The summed E-state index contributed by atoms with van der Waals surface area (Å²) in [6.07, 6.45) is 1.61. The number of aromatic carboxylic acids is 1. The van der Waals surface area contributed by atoms with Gasteiger partial charge in [-0.05, 0) is 23.6 Å². The molecule has 0 aliphatic carbocycles. The molecule has 98 valence electrons. The second-order valence-corrected chi connectivity index (χ2v) is 4.16.